The zero-order valence-electron chi connectivity index (χ0n) is 11.3. The van der Waals surface area contributed by atoms with Crippen LogP contribution in [0.5, 0.6) is 0 Å². The number of rotatable bonds is 3. The Hall–Kier alpha value is -2.94. The van der Waals surface area contributed by atoms with E-state index in [9.17, 15) is 9.59 Å². The fraction of sp³-hybridized carbons (Fsp3) is 0. The number of benzene rings is 2. The van der Waals surface area contributed by atoms with E-state index in [4.69, 9.17) is 0 Å². The molecular formula is C18H13NO2. The van der Waals surface area contributed by atoms with Gasteiger partial charge in [0.25, 0.3) is 11.8 Å². The van der Waals surface area contributed by atoms with Crippen LogP contribution in [0.25, 0.3) is 12.2 Å². The van der Waals surface area contributed by atoms with Gasteiger partial charge < -0.3 is 0 Å². The molecule has 0 N–H and O–H groups in total. The van der Waals surface area contributed by atoms with Gasteiger partial charge in [-0.2, -0.15) is 0 Å². The SMILES string of the molecule is O=C1C=CC(=O)N1c1ccc(C=Cc2ccccc2)cc1. The molecule has 3 heteroatoms. The minimum atomic E-state index is -0.299. The Labute approximate surface area is 122 Å². The first-order chi connectivity index (χ1) is 10.2. The van der Waals surface area contributed by atoms with E-state index in [1.54, 1.807) is 12.1 Å². The van der Waals surface area contributed by atoms with Gasteiger partial charge in [0, 0.05) is 12.2 Å². The maximum Gasteiger partial charge on any atom is 0.258 e. The molecule has 1 aliphatic heterocycles. The first kappa shape index (κ1) is 13.1. The summed E-state index contributed by atoms with van der Waals surface area (Å²) in [7, 11) is 0. The smallest absolute Gasteiger partial charge is 0.258 e. The fourth-order valence-electron chi connectivity index (χ4n) is 2.15. The van der Waals surface area contributed by atoms with E-state index in [0.717, 1.165) is 16.0 Å². The van der Waals surface area contributed by atoms with Crippen molar-refractivity contribution < 1.29 is 9.59 Å². The highest BCUT2D eigenvalue weighted by molar-refractivity contribution is 6.28. The number of imide groups is 1. The number of hydrogen-bond acceptors (Lipinski definition) is 2. The van der Waals surface area contributed by atoms with Crippen LogP contribution >= 0.6 is 0 Å². The largest absolute Gasteiger partial charge is 0.269 e. The molecule has 102 valence electrons. The Balaban J connectivity index is 1.77. The normalized spacial score (nSPS) is 14.4. The molecule has 1 aliphatic rings. The van der Waals surface area contributed by atoms with E-state index in [2.05, 4.69) is 0 Å². The van der Waals surface area contributed by atoms with Crippen molar-refractivity contribution in [3.05, 3.63) is 77.9 Å². The molecule has 0 atom stereocenters. The highest BCUT2D eigenvalue weighted by atomic mass is 16.2. The van der Waals surface area contributed by atoms with Gasteiger partial charge in [-0.1, -0.05) is 54.6 Å². The van der Waals surface area contributed by atoms with Crippen LogP contribution in [0.4, 0.5) is 5.69 Å². The van der Waals surface area contributed by atoms with Crippen LogP contribution in [-0.4, -0.2) is 11.8 Å². The summed E-state index contributed by atoms with van der Waals surface area (Å²) in [4.78, 5) is 24.3. The second-order valence-electron chi connectivity index (χ2n) is 4.68. The van der Waals surface area contributed by atoms with Gasteiger partial charge >= 0.3 is 0 Å². The number of amides is 2. The average molecular weight is 275 g/mol. The monoisotopic (exact) mass is 275 g/mol. The molecule has 0 unspecified atom stereocenters. The topological polar surface area (TPSA) is 37.4 Å². The summed E-state index contributed by atoms with van der Waals surface area (Å²) >= 11 is 0. The molecule has 2 aromatic rings. The van der Waals surface area contributed by atoms with Crippen LogP contribution in [0.2, 0.25) is 0 Å². The summed E-state index contributed by atoms with van der Waals surface area (Å²) in [5, 5.41) is 0. The maximum atomic E-state index is 11.6. The zero-order chi connectivity index (χ0) is 14.7. The van der Waals surface area contributed by atoms with Gasteiger partial charge in [-0.3, -0.25) is 9.59 Å². The van der Waals surface area contributed by atoms with Gasteiger partial charge in [0.05, 0.1) is 5.69 Å². The van der Waals surface area contributed by atoms with Crippen molar-refractivity contribution in [3.63, 3.8) is 0 Å². The molecule has 2 amide bonds. The van der Waals surface area contributed by atoms with E-state index in [-0.39, 0.29) is 11.8 Å². The molecule has 2 aromatic carbocycles. The molecule has 0 spiro atoms. The first-order valence-electron chi connectivity index (χ1n) is 6.63. The minimum Gasteiger partial charge on any atom is -0.269 e. The van der Waals surface area contributed by atoms with Gasteiger partial charge in [0.1, 0.15) is 0 Å². The summed E-state index contributed by atoms with van der Waals surface area (Å²) < 4.78 is 0. The highest BCUT2D eigenvalue weighted by Crippen LogP contribution is 2.20. The van der Waals surface area contributed by atoms with Crippen LogP contribution in [0.1, 0.15) is 11.1 Å². The van der Waals surface area contributed by atoms with E-state index in [1.165, 1.54) is 12.2 Å². The second-order valence-corrected chi connectivity index (χ2v) is 4.68. The molecule has 3 rings (SSSR count). The number of carbonyl (C=O) groups excluding carboxylic acids is 2. The molecule has 0 saturated heterocycles. The number of nitrogens with zero attached hydrogens (tertiary/aromatic N) is 1. The van der Waals surface area contributed by atoms with Crippen molar-refractivity contribution in [1.29, 1.82) is 0 Å². The second kappa shape index (κ2) is 5.59. The minimum absolute atomic E-state index is 0.299. The van der Waals surface area contributed by atoms with Crippen LogP contribution in [0.3, 0.4) is 0 Å². The number of hydrogen-bond donors (Lipinski definition) is 0. The molecule has 3 nitrogen and oxygen atoms in total. The molecule has 0 aromatic heterocycles. The quantitative estimate of drug-likeness (QED) is 0.636. The Morgan fingerprint density at radius 1 is 0.667 bits per heavy atom. The van der Waals surface area contributed by atoms with Crippen molar-refractivity contribution in [2.24, 2.45) is 0 Å². The molecule has 0 saturated carbocycles. The predicted octanol–water partition coefficient (Wildman–Crippen LogP) is 3.29. The van der Waals surface area contributed by atoms with Crippen molar-refractivity contribution in [1.82, 2.24) is 0 Å². The highest BCUT2D eigenvalue weighted by Gasteiger charge is 2.24. The van der Waals surface area contributed by atoms with Crippen LogP contribution in [0.15, 0.2) is 66.7 Å². The maximum absolute atomic E-state index is 11.6. The third-order valence-corrected chi connectivity index (χ3v) is 3.23. The lowest BCUT2D eigenvalue weighted by molar-refractivity contribution is -0.119. The summed E-state index contributed by atoms with van der Waals surface area (Å²) in [6.45, 7) is 0. The fourth-order valence-corrected chi connectivity index (χ4v) is 2.15. The first-order valence-corrected chi connectivity index (χ1v) is 6.63. The number of carbonyl (C=O) groups is 2. The number of anilines is 1. The summed E-state index contributed by atoms with van der Waals surface area (Å²) in [5.74, 6) is -0.597. The third-order valence-electron chi connectivity index (χ3n) is 3.23. The summed E-state index contributed by atoms with van der Waals surface area (Å²) in [6, 6.07) is 17.3. The molecule has 0 bridgehead atoms. The van der Waals surface area contributed by atoms with Crippen LogP contribution < -0.4 is 4.90 Å². The van der Waals surface area contributed by atoms with Crippen LogP contribution in [0, 0.1) is 0 Å². The standard InChI is InChI=1S/C18H13NO2/c20-17-12-13-18(21)19(17)16-10-8-15(9-11-16)7-6-14-4-2-1-3-5-14/h1-13H. The van der Waals surface area contributed by atoms with E-state index < -0.39 is 0 Å². The summed E-state index contributed by atoms with van der Waals surface area (Å²) in [5.41, 5.74) is 2.72. The van der Waals surface area contributed by atoms with Crippen molar-refractivity contribution in [2.45, 2.75) is 0 Å². The van der Waals surface area contributed by atoms with E-state index in [1.807, 2.05) is 54.6 Å². The third kappa shape index (κ3) is 2.82. The van der Waals surface area contributed by atoms with Gasteiger partial charge in [0.15, 0.2) is 0 Å². The Morgan fingerprint density at radius 3 is 1.76 bits per heavy atom. The van der Waals surface area contributed by atoms with Crippen molar-refractivity contribution >= 4 is 29.7 Å². The molecule has 0 aliphatic carbocycles. The molecule has 21 heavy (non-hydrogen) atoms. The van der Waals surface area contributed by atoms with Gasteiger partial charge in [0.2, 0.25) is 0 Å². The van der Waals surface area contributed by atoms with Crippen LogP contribution in [-0.2, 0) is 9.59 Å². The van der Waals surface area contributed by atoms with Crippen molar-refractivity contribution in [3.8, 4) is 0 Å². The van der Waals surface area contributed by atoms with Crippen molar-refractivity contribution in [2.75, 3.05) is 4.90 Å². The zero-order valence-corrected chi connectivity index (χ0v) is 11.3. The lowest BCUT2D eigenvalue weighted by Crippen LogP contribution is -2.29. The lowest BCUT2D eigenvalue weighted by Gasteiger charge is -2.13. The Bertz CT molecular complexity index is 710. The molecule has 0 fully saturated rings. The van der Waals surface area contributed by atoms with E-state index in [0.29, 0.717) is 5.69 Å². The van der Waals surface area contributed by atoms with Gasteiger partial charge in [-0.25, -0.2) is 4.90 Å². The molecular weight excluding hydrogens is 262 g/mol. The van der Waals surface area contributed by atoms with Gasteiger partial charge in [-0.05, 0) is 23.3 Å². The van der Waals surface area contributed by atoms with Gasteiger partial charge in [-0.15, -0.1) is 0 Å². The predicted molar refractivity (Wildman–Crippen MR) is 83.4 cm³/mol. The molecule has 1 heterocycles. The molecule has 0 radical (unpaired) electrons. The summed E-state index contributed by atoms with van der Waals surface area (Å²) in [6.07, 6.45) is 6.57. The Morgan fingerprint density at radius 2 is 1.19 bits per heavy atom. The lowest BCUT2D eigenvalue weighted by atomic mass is 10.1. The average Bonchev–Trinajstić information content (AvgIpc) is 2.86. The van der Waals surface area contributed by atoms with E-state index >= 15 is 0 Å². The Kier molecular flexibility index (Phi) is 3.48.